The van der Waals surface area contributed by atoms with E-state index in [4.69, 9.17) is 5.11 Å². The molecule has 20 heavy (non-hydrogen) atoms. The molecule has 112 valence electrons. The maximum atomic E-state index is 11.9. The molecule has 0 aliphatic carbocycles. The van der Waals surface area contributed by atoms with Gasteiger partial charge >= 0.3 is 5.97 Å². The van der Waals surface area contributed by atoms with Crippen LogP contribution in [-0.4, -0.2) is 39.3 Å². The summed E-state index contributed by atoms with van der Waals surface area (Å²) in [5.41, 5.74) is 1.19. The third-order valence-corrected chi connectivity index (χ3v) is 4.36. The van der Waals surface area contributed by atoms with Crippen molar-refractivity contribution >= 4 is 43.3 Å². The van der Waals surface area contributed by atoms with Crippen LogP contribution >= 0.6 is 15.9 Å². The first-order chi connectivity index (χ1) is 9.21. The predicted molar refractivity (Wildman–Crippen MR) is 82.7 cm³/mol. The van der Waals surface area contributed by atoms with E-state index in [1.165, 1.54) is 0 Å². The molecule has 0 saturated carbocycles. The van der Waals surface area contributed by atoms with Crippen molar-refractivity contribution in [1.29, 1.82) is 0 Å². The first kappa shape index (κ1) is 16.8. The minimum atomic E-state index is -3.56. The second-order valence-electron chi connectivity index (χ2n) is 4.47. The molecule has 1 aromatic rings. The molecule has 8 heteroatoms. The monoisotopic (exact) mass is 364 g/mol. The SMILES string of the molecule is CN(C)c1ccc(Br)cc1NS(=O)(=O)CCCC(=O)O. The second kappa shape index (κ2) is 6.94. The fraction of sp³-hybridized carbons (Fsp3) is 0.417. The Kier molecular flexibility index (Phi) is 5.82. The highest BCUT2D eigenvalue weighted by Gasteiger charge is 2.15. The molecular formula is C12H17BrN2O4S. The summed E-state index contributed by atoms with van der Waals surface area (Å²) in [6.07, 6.45) is -0.0874. The van der Waals surface area contributed by atoms with Crippen LogP contribution in [0.15, 0.2) is 22.7 Å². The highest BCUT2D eigenvalue weighted by molar-refractivity contribution is 9.10. The van der Waals surface area contributed by atoms with Crippen molar-refractivity contribution in [2.75, 3.05) is 29.5 Å². The van der Waals surface area contributed by atoms with E-state index in [-0.39, 0.29) is 18.6 Å². The zero-order chi connectivity index (χ0) is 15.3. The number of benzene rings is 1. The predicted octanol–water partition coefficient (Wildman–Crippen LogP) is 2.12. The van der Waals surface area contributed by atoms with Gasteiger partial charge in [0.05, 0.1) is 17.1 Å². The summed E-state index contributed by atoms with van der Waals surface area (Å²) in [7, 11) is 0.0580. The molecule has 0 spiro atoms. The highest BCUT2D eigenvalue weighted by Crippen LogP contribution is 2.28. The molecule has 1 rings (SSSR count). The zero-order valence-electron chi connectivity index (χ0n) is 11.3. The van der Waals surface area contributed by atoms with E-state index in [9.17, 15) is 13.2 Å². The van der Waals surface area contributed by atoms with Gasteiger partial charge in [0.15, 0.2) is 0 Å². The number of carboxylic acid groups (broad SMARTS) is 1. The number of hydrogen-bond donors (Lipinski definition) is 2. The molecular weight excluding hydrogens is 348 g/mol. The molecule has 6 nitrogen and oxygen atoms in total. The van der Waals surface area contributed by atoms with Crippen LogP contribution in [0.25, 0.3) is 0 Å². The van der Waals surface area contributed by atoms with Crippen LogP contribution in [0, 0.1) is 0 Å². The van der Waals surface area contributed by atoms with Crippen LogP contribution in [0.5, 0.6) is 0 Å². The smallest absolute Gasteiger partial charge is 0.303 e. The van der Waals surface area contributed by atoms with Gasteiger partial charge < -0.3 is 10.0 Å². The van der Waals surface area contributed by atoms with Crippen molar-refractivity contribution in [3.05, 3.63) is 22.7 Å². The molecule has 0 atom stereocenters. The lowest BCUT2D eigenvalue weighted by molar-refractivity contribution is -0.137. The number of carbonyl (C=O) groups is 1. The van der Waals surface area contributed by atoms with Gasteiger partial charge in [-0.3, -0.25) is 9.52 Å². The van der Waals surface area contributed by atoms with Crippen LogP contribution in [0.3, 0.4) is 0 Å². The average molecular weight is 365 g/mol. The Morgan fingerprint density at radius 2 is 2.05 bits per heavy atom. The van der Waals surface area contributed by atoms with Gasteiger partial charge in [-0.2, -0.15) is 0 Å². The Morgan fingerprint density at radius 1 is 1.40 bits per heavy atom. The third kappa shape index (κ3) is 5.38. The molecule has 0 amide bonds. The van der Waals surface area contributed by atoms with Crippen molar-refractivity contribution in [1.82, 2.24) is 0 Å². The van der Waals surface area contributed by atoms with E-state index in [2.05, 4.69) is 20.7 Å². The Hall–Kier alpha value is -1.28. The molecule has 0 aromatic heterocycles. The van der Waals surface area contributed by atoms with E-state index in [0.717, 1.165) is 10.2 Å². The Bertz CT molecular complexity index is 587. The van der Waals surface area contributed by atoms with Crippen molar-refractivity contribution < 1.29 is 18.3 Å². The molecule has 0 unspecified atom stereocenters. The zero-order valence-corrected chi connectivity index (χ0v) is 13.7. The lowest BCUT2D eigenvalue weighted by Crippen LogP contribution is -2.20. The average Bonchev–Trinajstić information content (AvgIpc) is 2.26. The molecule has 2 N–H and O–H groups in total. The van der Waals surface area contributed by atoms with Crippen molar-refractivity contribution in [2.24, 2.45) is 0 Å². The Labute approximate surface area is 127 Å². The number of carboxylic acids is 1. The first-order valence-electron chi connectivity index (χ1n) is 5.90. The van der Waals surface area contributed by atoms with Crippen LogP contribution in [-0.2, 0) is 14.8 Å². The number of anilines is 2. The van der Waals surface area contributed by atoms with E-state index >= 15 is 0 Å². The van der Waals surface area contributed by atoms with Gasteiger partial charge in [-0.05, 0) is 24.6 Å². The normalized spacial score (nSPS) is 11.2. The van der Waals surface area contributed by atoms with Gasteiger partial charge in [0.25, 0.3) is 0 Å². The number of halogens is 1. The number of aliphatic carboxylic acids is 1. The molecule has 0 radical (unpaired) electrons. The van der Waals surface area contributed by atoms with Crippen molar-refractivity contribution in [3.63, 3.8) is 0 Å². The quantitative estimate of drug-likeness (QED) is 0.773. The van der Waals surface area contributed by atoms with Gasteiger partial charge in [-0.15, -0.1) is 0 Å². The number of sulfonamides is 1. The number of hydrogen-bond acceptors (Lipinski definition) is 4. The first-order valence-corrected chi connectivity index (χ1v) is 8.35. The molecule has 1 aromatic carbocycles. The largest absolute Gasteiger partial charge is 0.481 e. The molecule has 0 saturated heterocycles. The van der Waals surface area contributed by atoms with Gasteiger partial charge in [0.1, 0.15) is 0 Å². The highest BCUT2D eigenvalue weighted by atomic mass is 79.9. The van der Waals surface area contributed by atoms with Gasteiger partial charge in [0.2, 0.25) is 10.0 Å². The summed E-state index contributed by atoms with van der Waals surface area (Å²) in [5, 5.41) is 8.53. The van der Waals surface area contributed by atoms with E-state index < -0.39 is 16.0 Å². The van der Waals surface area contributed by atoms with Crippen molar-refractivity contribution in [2.45, 2.75) is 12.8 Å². The van der Waals surface area contributed by atoms with E-state index in [1.54, 1.807) is 17.0 Å². The van der Waals surface area contributed by atoms with Gasteiger partial charge in [-0.25, -0.2) is 8.42 Å². The molecule has 0 bridgehead atoms. The maximum Gasteiger partial charge on any atom is 0.303 e. The van der Waals surface area contributed by atoms with Gasteiger partial charge in [0, 0.05) is 25.0 Å². The summed E-state index contributed by atoms with van der Waals surface area (Å²) in [5.74, 6) is -1.23. The van der Waals surface area contributed by atoms with Crippen LogP contribution in [0.1, 0.15) is 12.8 Å². The summed E-state index contributed by atoms with van der Waals surface area (Å²) in [4.78, 5) is 12.2. The second-order valence-corrected chi connectivity index (χ2v) is 7.23. The summed E-state index contributed by atoms with van der Waals surface area (Å²) < 4.78 is 27.1. The number of nitrogens with one attached hydrogen (secondary N) is 1. The van der Waals surface area contributed by atoms with E-state index in [0.29, 0.717) is 5.69 Å². The van der Waals surface area contributed by atoms with Crippen LogP contribution < -0.4 is 9.62 Å². The molecule has 0 aliphatic rings. The molecule has 0 fully saturated rings. The minimum Gasteiger partial charge on any atom is -0.481 e. The Morgan fingerprint density at radius 3 is 2.60 bits per heavy atom. The molecule has 0 heterocycles. The fourth-order valence-corrected chi connectivity index (χ4v) is 3.10. The third-order valence-electron chi connectivity index (χ3n) is 2.51. The lowest BCUT2D eigenvalue weighted by atomic mass is 10.2. The summed E-state index contributed by atoms with van der Waals surface area (Å²) >= 11 is 3.29. The topological polar surface area (TPSA) is 86.7 Å². The van der Waals surface area contributed by atoms with Crippen LogP contribution in [0.4, 0.5) is 11.4 Å². The number of rotatable bonds is 7. The number of nitrogens with zero attached hydrogens (tertiary/aromatic N) is 1. The van der Waals surface area contributed by atoms with Gasteiger partial charge in [-0.1, -0.05) is 15.9 Å². The minimum absolute atomic E-state index is 0.0793. The summed E-state index contributed by atoms with van der Waals surface area (Å²) in [6, 6.07) is 5.28. The summed E-state index contributed by atoms with van der Waals surface area (Å²) in [6.45, 7) is 0. The Balaban J connectivity index is 2.86. The van der Waals surface area contributed by atoms with Crippen LogP contribution in [0.2, 0.25) is 0 Å². The maximum absolute atomic E-state index is 11.9. The molecule has 0 aliphatic heterocycles. The fourth-order valence-electron chi connectivity index (χ4n) is 1.61. The van der Waals surface area contributed by atoms with Crippen molar-refractivity contribution in [3.8, 4) is 0 Å². The lowest BCUT2D eigenvalue weighted by Gasteiger charge is -2.18. The standard InChI is InChI=1S/C12H17BrN2O4S/c1-15(2)11-6-5-9(13)8-10(11)14-20(18,19)7-3-4-12(16)17/h5-6,8,14H,3-4,7H2,1-2H3,(H,16,17). The van der Waals surface area contributed by atoms with E-state index in [1.807, 2.05) is 20.2 Å².